The summed E-state index contributed by atoms with van der Waals surface area (Å²) in [7, 11) is 0. The van der Waals surface area contributed by atoms with Crippen molar-refractivity contribution in [2.75, 3.05) is 0 Å². The second kappa shape index (κ2) is 6.27. The van der Waals surface area contributed by atoms with E-state index in [0.29, 0.717) is 16.5 Å². The molecule has 19 heavy (non-hydrogen) atoms. The van der Waals surface area contributed by atoms with Crippen molar-refractivity contribution in [3.05, 3.63) is 67.6 Å². The van der Waals surface area contributed by atoms with Gasteiger partial charge in [-0.3, -0.25) is 0 Å². The molecule has 0 saturated carbocycles. The summed E-state index contributed by atoms with van der Waals surface area (Å²) in [6, 6.07) is 11.1. The third kappa shape index (κ3) is 3.73. The predicted molar refractivity (Wildman–Crippen MR) is 84.0 cm³/mol. The van der Waals surface area contributed by atoms with E-state index < -0.39 is 6.10 Å². The lowest BCUT2D eigenvalue weighted by molar-refractivity contribution is 0.178. The van der Waals surface area contributed by atoms with Gasteiger partial charge in [0.1, 0.15) is 0 Å². The van der Waals surface area contributed by atoms with E-state index in [4.69, 9.17) is 23.2 Å². The molecule has 1 N–H and O–H groups in total. The van der Waals surface area contributed by atoms with Crippen molar-refractivity contribution in [2.45, 2.75) is 19.4 Å². The Bertz CT molecular complexity index is 599. The average molecular weight is 360 g/mol. The molecule has 0 bridgehead atoms. The first-order valence-electron chi connectivity index (χ1n) is 5.85. The Hall–Kier alpha value is -0.540. The zero-order chi connectivity index (χ0) is 14.0. The van der Waals surface area contributed by atoms with Crippen LogP contribution < -0.4 is 0 Å². The Kier molecular flexibility index (Phi) is 4.91. The summed E-state index contributed by atoms with van der Waals surface area (Å²) in [5.41, 5.74) is 2.81. The van der Waals surface area contributed by atoms with Crippen molar-refractivity contribution < 1.29 is 5.11 Å². The molecule has 0 spiro atoms. The maximum Gasteiger partial charge on any atom is 0.0831 e. The standard InChI is InChI=1S/C15H13BrCl2O/c1-9-6-10(2-4-13(9)16)15(19)8-11-7-12(17)3-5-14(11)18/h2-7,15,19H,8H2,1H3. The molecule has 0 heterocycles. The van der Waals surface area contributed by atoms with Crippen molar-refractivity contribution in [3.63, 3.8) is 0 Å². The van der Waals surface area contributed by atoms with Crippen LogP contribution in [0.4, 0.5) is 0 Å². The van der Waals surface area contributed by atoms with Crippen LogP contribution in [0.1, 0.15) is 22.8 Å². The monoisotopic (exact) mass is 358 g/mol. The quantitative estimate of drug-likeness (QED) is 0.784. The number of halogens is 3. The number of aliphatic hydroxyl groups is 1. The minimum absolute atomic E-state index is 0.445. The summed E-state index contributed by atoms with van der Waals surface area (Å²) in [5.74, 6) is 0. The highest BCUT2D eigenvalue weighted by atomic mass is 79.9. The third-order valence-corrected chi connectivity index (χ3v) is 4.48. The number of aliphatic hydroxyl groups excluding tert-OH is 1. The zero-order valence-corrected chi connectivity index (χ0v) is 13.4. The van der Waals surface area contributed by atoms with Gasteiger partial charge in [-0.25, -0.2) is 0 Å². The summed E-state index contributed by atoms with van der Waals surface area (Å²) in [6.07, 6.45) is -0.150. The molecule has 0 aliphatic carbocycles. The highest BCUT2D eigenvalue weighted by Crippen LogP contribution is 2.28. The van der Waals surface area contributed by atoms with Gasteiger partial charge in [-0.05, 0) is 47.9 Å². The Morgan fingerprint density at radius 3 is 2.58 bits per heavy atom. The average Bonchev–Trinajstić information content (AvgIpc) is 2.37. The van der Waals surface area contributed by atoms with Gasteiger partial charge < -0.3 is 5.11 Å². The molecule has 0 saturated heterocycles. The molecule has 0 radical (unpaired) electrons. The van der Waals surface area contributed by atoms with E-state index in [-0.39, 0.29) is 0 Å². The minimum atomic E-state index is -0.595. The van der Waals surface area contributed by atoms with E-state index in [0.717, 1.165) is 21.2 Å². The summed E-state index contributed by atoms with van der Waals surface area (Å²) in [4.78, 5) is 0. The van der Waals surface area contributed by atoms with Crippen molar-refractivity contribution in [1.29, 1.82) is 0 Å². The first-order valence-corrected chi connectivity index (χ1v) is 7.40. The van der Waals surface area contributed by atoms with E-state index in [2.05, 4.69) is 15.9 Å². The second-order valence-corrected chi connectivity index (χ2v) is 6.16. The molecule has 0 aliphatic heterocycles. The van der Waals surface area contributed by atoms with Crippen LogP contribution in [0.5, 0.6) is 0 Å². The molecule has 0 aromatic heterocycles. The van der Waals surface area contributed by atoms with Gasteiger partial charge in [0, 0.05) is 20.9 Å². The topological polar surface area (TPSA) is 20.2 Å². The van der Waals surface area contributed by atoms with Gasteiger partial charge >= 0.3 is 0 Å². The minimum Gasteiger partial charge on any atom is -0.388 e. The second-order valence-electron chi connectivity index (χ2n) is 4.46. The maximum absolute atomic E-state index is 10.3. The Balaban J connectivity index is 2.22. The zero-order valence-electron chi connectivity index (χ0n) is 10.3. The summed E-state index contributed by atoms with van der Waals surface area (Å²) < 4.78 is 1.03. The molecular weight excluding hydrogens is 347 g/mol. The molecular formula is C15H13BrCl2O. The van der Waals surface area contributed by atoms with Gasteiger partial charge in [-0.1, -0.05) is 51.3 Å². The smallest absolute Gasteiger partial charge is 0.0831 e. The highest BCUT2D eigenvalue weighted by Gasteiger charge is 2.12. The molecule has 1 atom stereocenters. The fraction of sp³-hybridized carbons (Fsp3) is 0.200. The molecule has 2 aromatic rings. The van der Waals surface area contributed by atoms with Crippen LogP contribution >= 0.6 is 39.1 Å². The van der Waals surface area contributed by atoms with Crippen molar-refractivity contribution in [2.24, 2.45) is 0 Å². The van der Waals surface area contributed by atoms with Gasteiger partial charge in [0.25, 0.3) is 0 Å². The van der Waals surface area contributed by atoms with E-state index in [9.17, 15) is 5.11 Å². The molecule has 4 heteroatoms. The van der Waals surface area contributed by atoms with Gasteiger partial charge in [-0.2, -0.15) is 0 Å². The lowest BCUT2D eigenvalue weighted by Crippen LogP contribution is -2.03. The Labute approximate surface area is 131 Å². The van der Waals surface area contributed by atoms with Crippen LogP contribution in [0.15, 0.2) is 40.9 Å². The van der Waals surface area contributed by atoms with E-state index in [1.807, 2.05) is 25.1 Å². The Morgan fingerprint density at radius 2 is 1.89 bits per heavy atom. The molecule has 2 rings (SSSR count). The van der Waals surface area contributed by atoms with Gasteiger partial charge in [0.05, 0.1) is 6.10 Å². The Morgan fingerprint density at radius 1 is 1.16 bits per heavy atom. The first-order chi connectivity index (χ1) is 8.97. The maximum atomic E-state index is 10.3. The third-order valence-electron chi connectivity index (χ3n) is 2.99. The summed E-state index contributed by atoms with van der Waals surface area (Å²) in [6.45, 7) is 1.99. The summed E-state index contributed by atoms with van der Waals surface area (Å²) in [5, 5.41) is 11.5. The van der Waals surface area contributed by atoms with Crippen molar-refractivity contribution in [3.8, 4) is 0 Å². The molecule has 1 unspecified atom stereocenters. The predicted octanol–water partition coefficient (Wildman–Crippen LogP) is 5.34. The summed E-state index contributed by atoms with van der Waals surface area (Å²) >= 11 is 15.5. The molecule has 0 amide bonds. The molecule has 0 fully saturated rings. The molecule has 2 aromatic carbocycles. The first kappa shape index (κ1) is 14.9. The van der Waals surface area contributed by atoms with Gasteiger partial charge in [0.2, 0.25) is 0 Å². The fourth-order valence-corrected chi connectivity index (χ4v) is 2.54. The number of hydrogen-bond donors (Lipinski definition) is 1. The van der Waals surface area contributed by atoms with Gasteiger partial charge in [0.15, 0.2) is 0 Å². The fourth-order valence-electron chi connectivity index (χ4n) is 1.90. The van der Waals surface area contributed by atoms with Crippen LogP contribution in [0.2, 0.25) is 10.0 Å². The van der Waals surface area contributed by atoms with E-state index in [1.165, 1.54) is 0 Å². The van der Waals surface area contributed by atoms with Crippen LogP contribution in [0.25, 0.3) is 0 Å². The lowest BCUT2D eigenvalue weighted by atomic mass is 10.00. The van der Waals surface area contributed by atoms with Gasteiger partial charge in [-0.15, -0.1) is 0 Å². The normalized spacial score (nSPS) is 12.5. The van der Waals surface area contributed by atoms with Crippen LogP contribution in [0.3, 0.4) is 0 Å². The van der Waals surface area contributed by atoms with E-state index >= 15 is 0 Å². The van der Waals surface area contributed by atoms with Crippen LogP contribution in [-0.2, 0) is 6.42 Å². The number of rotatable bonds is 3. The molecule has 100 valence electrons. The van der Waals surface area contributed by atoms with Crippen LogP contribution in [-0.4, -0.2) is 5.11 Å². The lowest BCUT2D eigenvalue weighted by Gasteiger charge is -2.13. The van der Waals surface area contributed by atoms with E-state index in [1.54, 1.807) is 18.2 Å². The SMILES string of the molecule is Cc1cc(C(O)Cc2cc(Cl)ccc2Cl)ccc1Br. The van der Waals surface area contributed by atoms with Crippen molar-refractivity contribution >= 4 is 39.1 Å². The van der Waals surface area contributed by atoms with Crippen LogP contribution in [0, 0.1) is 6.92 Å². The number of hydrogen-bond acceptors (Lipinski definition) is 1. The molecule has 1 nitrogen and oxygen atoms in total. The molecule has 0 aliphatic rings. The number of benzene rings is 2. The number of aryl methyl sites for hydroxylation is 1. The largest absolute Gasteiger partial charge is 0.388 e. The van der Waals surface area contributed by atoms with Crippen molar-refractivity contribution in [1.82, 2.24) is 0 Å². The highest BCUT2D eigenvalue weighted by molar-refractivity contribution is 9.10.